The topological polar surface area (TPSA) is 79.3 Å². The van der Waals surface area contributed by atoms with Crippen LogP contribution < -0.4 is 10.6 Å². The molecule has 3 heterocycles. The molecule has 1 unspecified atom stereocenters. The summed E-state index contributed by atoms with van der Waals surface area (Å²) in [7, 11) is 0. The van der Waals surface area contributed by atoms with Gasteiger partial charge in [-0.1, -0.05) is 25.1 Å². The lowest BCUT2D eigenvalue weighted by atomic mass is 9.88. The number of hydrogen-bond acceptors (Lipinski definition) is 6. The van der Waals surface area contributed by atoms with Gasteiger partial charge < -0.3 is 10.6 Å². The lowest BCUT2D eigenvalue weighted by Crippen LogP contribution is -2.13. The third kappa shape index (κ3) is 3.26. The van der Waals surface area contributed by atoms with Gasteiger partial charge in [-0.15, -0.1) is 11.3 Å². The molecule has 0 radical (unpaired) electrons. The Balaban J connectivity index is 1.30. The molecule has 4 aromatic rings. The standard InChI is InChI=1S/C25H21N5OS/c1-14-6-11-20-18(12-14)21-23(26-13-27-25(21)32-20)29-16-9-7-15(8-10-16)28-22-17-4-2-3-5-19(17)30-24(22)31/h2-5,7-10,13-14H,6,11-12H2,1H3,(H,26,27,29)(H,28,30,31). The molecule has 1 amide bonds. The van der Waals surface area contributed by atoms with Crippen molar-refractivity contribution in [3.63, 3.8) is 0 Å². The van der Waals surface area contributed by atoms with Crippen LogP contribution in [0.5, 0.6) is 0 Å². The number of amides is 1. The summed E-state index contributed by atoms with van der Waals surface area (Å²) in [5.74, 6) is 1.36. The molecule has 158 valence electrons. The van der Waals surface area contributed by atoms with Crippen LogP contribution in [0.4, 0.5) is 22.9 Å². The van der Waals surface area contributed by atoms with E-state index in [0.717, 1.165) is 51.5 Å². The number of anilines is 3. The van der Waals surface area contributed by atoms with Crippen molar-refractivity contribution in [1.29, 1.82) is 0 Å². The Bertz CT molecular complexity index is 1390. The van der Waals surface area contributed by atoms with Gasteiger partial charge in [0.05, 0.1) is 16.8 Å². The van der Waals surface area contributed by atoms with E-state index in [1.165, 1.54) is 16.9 Å². The van der Waals surface area contributed by atoms with Crippen molar-refractivity contribution in [2.45, 2.75) is 26.2 Å². The van der Waals surface area contributed by atoms with Crippen molar-refractivity contribution in [1.82, 2.24) is 9.97 Å². The van der Waals surface area contributed by atoms with Crippen LogP contribution in [-0.4, -0.2) is 21.6 Å². The fraction of sp³-hybridized carbons (Fsp3) is 0.200. The molecule has 0 bridgehead atoms. The zero-order valence-corrected chi connectivity index (χ0v) is 18.4. The van der Waals surface area contributed by atoms with E-state index in [0.29, 0.717) is 11.6 Å². The minimum Gasteiger partial charge on any atom is -0.340 e. The smallest absolute Gasteiger partial charge is 0.275 e. The number of hydrogen-bond donors (Lipinski definition) is 2. The first-order valence-electron chi connectivity index (χ1n) is 10.8. The average Bonchev–Trinajstić information content (AvgIpc) is 3.32. The predicted octanol–water partition coefficient (Wildman–Crippen LogP) is 5.63. The molecule has 2 aromatic heterocycles. The minimum absolute atomic E-state index is 0.173. The fourth-order valence-corrected chi connectivity index (χ4v) is 5.66. The molecule has 1 atom stereocenters. The summed E-state index contributed by atoms with van der Waals surface area (Å²) in [6.07, 6.45) is 5.08. The van der Waals surface area contributed by atoms with Crippen molar-refractivity contribution >= 4 is 56.1 Å². The number of nitrogens with zero attached hydrogens (tertiary/aromatic N) is 3. The summed E-state index contributed by atoms with van der Waals surface area (Å²) >= 11 is 1.79. The van der Waals surface area contributed by atoms with Gasteiger partial charge in [-0.3, -0.25) is 4.79 Å². The minimum atomic E-state index is -0.173. The summed E-state index contributed by atoms with van der Waals surface area (Å²) < 4.78 is 0. The van der Waals surface area contributed by atoms with Crippen LogP contribution in [0.15, 0.2) is 59.9 Å². The molecule has 0 spiro atoms. The number of rotatable bonds is 3. The number of aromatic nitrogens is 2. The second-order valence-electron chi connectivity index (χ2n) is 8.39. The maximum absolute atomic E-state index is 12.3. The molecular formula is C25H21N5OS. The van der Waals surface area contributed by atoms with Gasteiger partial charge in [0.2, 0.25) is 0 Å². The van der Waals surface area contributed by atoms with Crippen molar-refractivity contribution in [3.05, 3.63) is 70.9 Å². The molecule has 2 aliphatic rings. The third-order valence-corrected chi connectivity index (χ3v) is 7.30. The molecule has 2 N–H and O–H groups in total. The Hall–Kier alpha value is -3.58. The molecule has 2 aromatic carbocycles. The first-order chi connectivity index (χ1) is 15.7. The van der Waals surface area contributed by atoms with E-state index in [2.05, 4.69) is 32.5 Å². The van der Waals surface area contributed by atoms with E-state index < -0.39 is 0 Å². The van der Waals surface area contributed by atoms with Gasteiger partial charge in [0.1, 0.15) is 22.7 Å². The number of aryl methyl sites for hydroxylation is 1. The van der Waals surface area contributed by atoms with Gasteiger partial charge in [-0.2, -0.15) is 0 Å². The second kappa shape index (κ2) is 7.53. The monoisotopic (exact) mass is 439 g/mol. The Morgan fingerprint density at radius 2 is 1.97 bits per heavy atom. The van der Waals surface area contributed by atoms with Crippen LogP contribution in [0.1, 0.15) is 29.3 Å². The number of thiophene rings is 1. The van der Waals surface area contributed by atoms with Crippen LogP contribution >= 0.6 is 11.3 Å². The number of carbonyl (C=O) groups excluding carboxylic acids is 1. The van der Waals surface area contributed by atoms with E-state index in [1.807, 2.05) is 48.5 Å². The van der Waals surface area contributed by atoms with Gasteiger partial charge in [0.15, 0.2) is 0 Å². The molecule has 6 nitrogen and oxygen atoms in total. The molecule has 32 heavy (non-hydrogen) atoms. The number of para-hydroxylation sites is 1. The molecule has 6 rings (SSSR count). The number of fused-ring (bicyclic) bond motifs is 4. The van der Waals surface area contributed by atoms with E-state index in [9.17, 15) is 4.79 Å². The number of aliphatic imine (C=N–C) groups is 1. The SMILES string of the molecule is CC1CCc2sc3ncnc(Nc4ccc(N=C5C(=O)Nc6ccccc65)cc4)c3c2C1. The molecule has 1 aliphatic carbocycles. The molecule has 0 fully saturated rings. The summed E-state index contributed by atoms with van der Waals surface area (Å²) in [4.78, 5) is 28.5. The van der Waals surface area contributed by atoms with Gasteiger partial charge >= 0.3 is 0 Å². The Labute approximate surface area is 189 Å². The van der Waals surface area contributed by atoms with Crippen molar-refractivity contribution in [3.8, 4) is 0 Å². The van der Waals surface area contributed by atoms with Gasteiger partial charge in [-0.25, -0.2) is 15.0 Å². The molecule has 1 aliphatic heterocycles. The van der Waals surface area contributed by atoms with E-state index in [-0.39, 0.29) is 5.91 Å². The first-order valence-corrected chi connectivity index (χ1v) is 11.6. The maximum atomic E-state index is 12.3. The lowest BCUT2D eigenvalue weighted by Gasteiger charge is -2.18. The van der Waals surface area contributed by atoms with Crippen LogP contribution in [-0.2, 0) is 17.6 Å². The zero-order valence-electron chi connectivity index (χ0n) is 17.6. The second-order valence-corrected chi connectivity index (χ2v) is 9.47. The van der Waals surface area contributed by atoms with Crippen LogP contribution in [0.3, 0.4) is 0 Å². The Morgan fingerprint density at radius 3 is 2.84 bits per heavy atom. The summed E-state index contributed by atoms with van der Waals surface area (Å²) in [5.41, 5.74) is 5.13. The van der Waals surface area contributed by atoms with Crippen molar-refractivity contribution in [2.75, 3.05) is 10.6 Å². The largest absolute Gasteiger partial charge is 0.340 e. The highest BCUT2D eigenvalue weighted by molar-refractivity contribution is 7.19. The van der Waals surface area contributed by atoms with Crippen LogP contribution in [0.2, 0.25) is 0 Å². The number of carbonyl (C=O) groups is 1. The van der Waals surface area contributed by atoms with Gasteiger partial charge in [0.25, 0.3) is 5.91 Å². The number of nitrogens with one attached hydrogen (secondary N) is 2. The Kier molecular flexibility index (Phi) is 4.50. The van der Waals surface area contributed by atoms with E-state index in [4.69, 9.17) is 0 Å². The van der Waals surface area contributed by atoms with Gasteiger partial charge in [0, 0.05) is 16.1 Å². The van der Waals surface area contributed by atoms with Gasteiger partial charge in [-0.05, 0) is 61.1 Å². The summed E-state index contributed by atoms with van der Waals surface area (Å²) in [6, 6.07) is 15.4. The normalized spacial score (nSPS) is 18.5. The lowest BCUT2D eigenvalue weighted by molar-refractivity contribution is -0.110. The molecular weight excluding hydrogens is 418 g/mol. The zero-order chi connectivity index (χ0) is 21.7. The molecule has 0 saturated heterocycles. The average molecular weight is 440 g/mol. The quantitative estimate of drug-likeness (QED) is 0.433. The first kappa shape index (κ1) is 19.1. The Morgan fingerprint density at radius 1 is 1.12 bits per heavy atom. The summed E-state index contributed by atoms with van der Waals surface area (Å²) in [5, 5.41) is 7.49. The van der Waals surface area contributed by atoms with Crippen LogP contribution in [0.25, 0.3) is 10.2 Å². The van der Waals surface area contributed by atoms with E-state index in [1.54, 1.807) is 17.7 Å². The molecule has 7 heteroatoms. The molecule has 0 saturated carbocycles. The summed E-state index contributed by atoms with van der Waals surface area (Å²) in [6.45, 7) is 2.31. The maximum Gasteiger partial charge on any atom is 0.275 e. The fourth-order valence-electron chi connectivity index (χ4n) is 4.48. The van der Waals surface area contributed by atoms with Crippen LogP contribution in [0, 0.1) is 5.92 Å². The van der Waals surface area contributed by atoms with Crippen molar-refractivity contribution < 1.29 is 4.79 Å². The van der Waals surface area contributed by atoms with E-state index >= 15 is 0 Å². The predicted molar refractivity (Wildman–Crippen MR) is 130 cm³/mol. The number of benzene rings is 2. The highest BCUT2D eigenvalue weighted by Crippen LogP contribution is 2.40. The highest BCUT2D eigenvalue weighted by Gasteiger charge is 2.25. The highest BCUT2D eigenvalue weighted by atomic mass is 32.1. The van der Waals surface area contributed by atoms with Crippen molar-refractivity contribution in [2.24, 2.45) is 10.9 Å². The third-order valence-electron chi connectivity index (χ3n) is 6.10.